The first kappa shape index (κ1) is 26.7. The van der Waals surface area contributed by atoms with E-state index in [1.54, 1.807) is 10.7 Å². The number of piperidine rings is 1. The van der Waals surface area contributed by atoms with Crippen LogP contribution in [-0.4, -0.2) is 65.5 Å². The quantitative estimate of drug-likeness (QED) is 0.255. The van der Waals surface area contributed by atoms with E-state index in [1.807, 2.05) is 12.3 Å². The molecule has 35 heavy (non-hydrogen) atoms. The minimum atomic E-state index is -2.39. The van der Waals surface area contributed by atoms with E-state index in [4.69, 9.17) is 9.72 Å². The van der Waals surface area contributed by atoms with Crippen molar-refractivity contribution in [1.82, 2.24) is 14.9 Å². The van der Waals surface area contributed by atoms with Gasteiger partial charge in [0, 0.05) is 0 Å². The molecule has 2 aromatic heterocycles. The Balaban J connectivity index is 1.41. The topological polar surface area (TPSA) is 41.5 Å². The molecule has 0 amide bonds. The maximum absolute atomic E-state index is 5.20. The Hall–Kier alpha value is -1.34. The van der Waals surface area contributed by atoms with Crippen molar-refractivity contribution in [3.05, 3.63) is 42.2 Å². The van der Waals surface area contributed by atoms with Crippen LogP contribution in [0, 0.1) is 0 Å². The second-order valence-corrected chi connectivity index (χ2v) is 24.1. The molecule has 6 heteroatoms. The molecule has 3 aliphatic rings. The predicted molar refractivity (Wildman–Crippen MR) is 150 cm³/mol. The van der Waals surface area contributed by atoms with Gasteiger partial charge < -0.3 is 4.74 Å². The first-order valence-electron chi connectivity index (χ1n) is 14.1. The number of pyridine rings is 2. The van der Waals surface area contributed by atoms with Crippen molar-refractivity contribution < 1.29 is 4.74 Å². The van der Waals surface area contributed by atoms with Crippen LogP contribution in [0.4, 0.5) is 5.82 Å². The summed E-state index contributed by atoms with van der Waals surface area (Å²) >= 11 is -2.39. The van der Waals surface area contributed by atoms with Crippen molar-refractivity contribution in [2.24, 2.45) is 0 Å². The van der Waals surface area contributed by atoms with Gasteiger partial charge in [-0.25, -0.2) is 0 Å². The van der Waals surface area contributed by atoms with Crippen LogP contribution >= 0.6 is 0 Å². The molecule has 5 heterocycles. The summed E-state index contributed by atoms with van der Waals surface area (Å²) in [5.41, 5.74) is 1.27. The zero-order valence-electron chi connectivity index (χ0n) is 22.5. The zero-order chi connectivity index (χ0) is 24.7. The number of hydrogen-bond acceptors (Lipinski definition) is 5. The molecule has 5 rings (SSSR count). The number of rotatable bonds is 14. The van der Waals surface area contributed by atoms with Crippen LogP contribution in [0.2, 0.25) is 13.3 Å². The molecule has 2 atom stereocenters. The van der Waals surface area contributed by atoms with Gasteiger partial charge in [-0.3, -0.25) is 0 Å². The van der Waals surface area contributed by atoms with Gasteiger partial charge in [0.15, 0.2) is 0 Å². The molecule has 192 valence electrons. The summed E-state index contributed by atoms with van der Waals surface area (Å²) in [4.78, 5) is 14.7. The molecular weight excluding hydrogens is 539 g/mol. The summed E-state index contributed by atoms with van der Waals surface area (Å²) in [6.07, 6.45) is 13.8. The number of hydrogen-bond donors (Lipinski definition) is 0. The van der Waals surface area contributed by atoms with E-state index < -0.39 is 18.4 Å². The van der Waals surface area contributed by atoms with E-state index in [9.17, 15) is 0 Å². The first-order chi connectivity index (χ1) is 17.1. The fourth-order valence-corrected chi connectivity index (χ4v) is 21.9. The second-order valence-electron chi connectivity index (χ2n) is 10.8. The second kappa shape index (κ2) is 12.8. The summed E-state index contributed by atoms with van der Waals surface area (Å²) < 4.78 is 11.4. The van der Waals surface area contributed by atoms with Crippen LogP contribution in [0.1, 0.15) is 71.3 Å². The standard InChI is InChI=1S/C17H19N4O.3C4H9.Sn/c1-22-17-6-5-13(9-19-17)10-21-14-8-15(21)12-20(11-14)16-4-2-3-7-18-16;3*1-3-4-2;/h2,4-7,9,14-15H,8,10-12H2,1H3;3*1,3-4H2,2H3;. The minimum absolute atomic E-state index is 0.620. The van der Waals surface area contributed by atoms with Gasteiger partial charge in [-0.05, 0) is 0 Å². The van der Waals surface area contributed by atoms with Gasteiger partial charge in [0.2, 0.25) is 5.88 Å². The van der Waals surface area contributed by atoms with Gasteiger partial charge in [-0.2, -0.15) is 0 Å². The van der Waals surface area contributed by atoms with Gasteiger partial charge in [0.25, 0.3) is 0 Å². The van der Waals surface area contributed by atoms with E-state index in [-0.39, 0.29) is 0 Å². The molecule has 0 aromatic carbocycles. The number of nitrogens with zero attached hydrogens (tertiary/aromatic N) is 4. The third-order valence-electron chi connectivity index (χ3n) is 8.43. The van der Waals surface area contributed by atoms with Crippen molar-refractivity contribution in [3.63, 3.8) is 0 Å². The molecule has 0 saturated carbocycles. The van der Waals surface area contributed by atoms with Crippen LogP contribution in [0.5, 0.6) is 5.88 Å². The molecular formula is C29H46N4OSn. The fourth-order valence-electron chi connectivity index (χ4n) is 6.21. The number of ether oxygens (including phenoxy) is 1. The van der Waals surface area contributed by atoms with Crippen LogP contribution in [0.3, 0.4) is 0 Å². The molecule has 3 aliphatic heterocycles. The number of fused-ring (bicyclic) bond motifs is 2. The van der Waals surface area contributed by atoms with Crippen LogP contribution in [-0.2, 0) is 6.54 Å². The van der Waals surface area contributed by atoms with Crippen molar-refractivity contribution in [3.8, 4) is 5.88 Å². The van der Waals surface area contributed by atoms with Crippen molar-refractivity contribution in [2.45, 2.75) is 97.7 Å². The molecule has 3 fully saturated rings. The van der Waals surface area contributed by atoms with E-state index >= 15 is 0 Å². The maximum atomic E-state index is 5.20. The van der Waals surface area contributed by atoms with E-state index in [2.05, 4.69) is 60.0 Å². The first-order valence-corrected chi connectivity index (χ1v) is 21.6. The van der Waals surface area contributed by atoms with E-state index in [0.29, 0.717) is 18.0 Å². The predicted octanol–water partition coefficient (Wildman–Crippen LogP) is 6.00. The fraction of sp³-hybridized carbons (Fsp3) is 0.655. The summed E-state index contributed by atoms with van der Waals surface area (Å²) in [5, 5.41) is 0. The Bertz CT molecular complexity index is 870. The average molecular weight is 585 g/mol. The molecule has 2 bridgehead atoms. The Morgan fingerprint density at radius 2 is 1.51 bits per heavy atom. The molecule has 2 aromatic rings. The van der Waals surface area contributed by atoms with E-state index in [0.717, 1.165) is 19.6 Å². The number of methoxy groups -OCH3 is 1. The zero-order valence-corrected chi connectivity index (χ0v) is 25.4. The summed E-state index contributed by atoms with van der Waals surface area (Å²) in [6, 6.07) is 10.2. The number of unbranched alkanes of at least 4 members (excludes halogenated alkanes) is 3. The van der Waals surface area contributed by atoms with Gasteiger partial charge >= 0.3 is 201 Å². The molecule has 0 spiro atoms. The van der Waals surface area contributed by atoms with Gasteiger partial charge in [-0.15, -0.1) is 0 Å². The molecule has 2 unspecified atom stereocenters. The van der Waals surface area contributed by atoms with Crippen LogP contribution in [0.25, 0.3) is 0 Å². The van der Waals surface area contributed by atoms with Crippen LogP contribution in [0.15, 0.2) is 36.7 Å². The van der Waals surface area contributed by atoms with Gasteiger partial charge in [0.05, 0.1) is 7.11 Å². The van der Waals surface area contributed by atoms with E-state index in [1.165, 1.54) is 69.6 Å². The van der Waals surface area contributed by atoms with Gasteiger partial charge in [-0.1, -0.05) is 0 Å². The van der Waals surface area contributed by atoms with Crippen molar-refractivity contribution >= 4 is 27.8 Å². The van der Waals surface area contributed by atoms with Gasteiger partial charge in [0.1, 0.15) is 0 Å². The Morgan fingerprint density at radius 3 is 2.00 bits per heavy atom. The normalized spacial score (nSPS) is 20.1. The van der Waals surface area contributed by atoms with Crippen molar-refractivity contribution in [1.29, 1.82) is 0 Å². The third kappa shape index (κ3) is 6.33. The Kier molecular flexibility index (Phi) is 9.74. The Labute approximate surface area is 217 Å². The number of piperazine rings is 1. The van der Waals surface area contributed by atoms with Crippen molar-refractivity contribution in [2.75, 3.05) is 25.1 Å². The molecule has 5 nitrogen and oxygen atoms in total. The van der Waals surface area contributed by atoms with Crippen LogP contribution < -0.4 is 13.2 Å². The molecule has 0 aliphatic carbocycles. The Morgan fingerprint density at radius 1 is 0.857 bits per heavy atom. The average Bonchev–Trinajstić information content (AvgIpc) is 2.92. The number of aromatic nitrogens is 2. The molecule has 3 saturated heterocycles. The molecule has 0 radical (unpaired) electrons. The third-order valence-corrected chi connectivity index (χ3v) is 24.0. The number of anilines is 1. The summed E-state index contributed by atoms with van der Waals surface area (Å²) in [5.74, 6) is 1.88. The summed E-state index contributed by atoms with van der Waals surface area (Å²) in [7, 11) is 1.67. The summed E-state index contributed by atoms with van der Waals surface area (Å²) in [6.45, 7) is 10.2. The monoisotopic (exact) mass is 586 g/mol. The SMILES string of the molecule is CCC[CH2][Sn]([CH2]CCC)([CH2]CCC)[c]1ccc(N2CC3CC(C2)N3Cc2ccc(OC)nc2)nc1. The molecule has 0 N–H and O–H groups in total.